The van der Waals surface area contributed by atoms with E-state index in [9.17, 15) is 0 Å². The quantitative estimate of drug-likeness (QED) is 0.660. The molecule has 21 heavy (non-hydrogen) atoms. The van der Waals surface area contributed by atoms with E-state index in [1.807, 2.05) is 56.6 Å². The van der Waals surface area contributed by atoms with Gasteiger partial charge in [0.1, 0.15) is 0 Å². The van der Waals surface area contributed by atoms with Crippen LogP contribution in [-0.2, 0) is 6.54 Å². The molecule has 0 aromatic heterocycles. The summed E-state index contributed by atoms with van der Waals surface area (Å²) < 4.78 is 0. The maximum atomic E-state index is 6.09. The Balaban J connectivity index is 1.94. The lowest BCUT2D eigenvalue weighted by Crippen LogP contribution is -2.08. The molecule has 0 saturated heterocycles. The molecule has 0 radical (unpaired) electrons. The van der Waals surface area contributed by atoms with Gasteiger partial charge in [0.25, 0.3) is 0 Å². The number of hydrogen-bond donors (Lipinski definition) is 1. The molecule has 0 aliphatic rings. The lowest BCUT2D eigenvalue weighted by molar-refractivity contribution is 0.748. The molecule has 0 fully saturated rings. The van der Waals surface area contributed by atoms with E-state index in [1.54, 1.807) is 6.21 Å². The number of nitrogens with zero attached hydrogens (tertiary/aromatic N) is 2. The van der Waals surface area contributed by atoms with Gasteiger partial charge >= 0.3 is 0 Å². The van der Waals surface area contributed by atoms with Gasteiger partial charge in [-0.3, -0.25) is 0 Å². The molecular weight excluding hydrogens is 305 g/mol. The van der Waals surface area contributed by atoms with E-state index in [0.29, 0.717) is 16.6 Å². The molecule has 0 bridgehead atoms. The van der Waals surface area contributed by atoms with Gasteiger partial charge in [-0.05, 0) is 29.8 Å². The van der Waals surface area contributed by atoms with Crippen LogP contribution in [0, 0.1) is 0 Å². The Morgan fingerprint density at radius 2 is 1.67 bits per heavy atom. The van der Waals surface area contributed by atoms with Crippen molar-refractivity contribution in [3.63, 3.8) is 0 Å². The van der Waals surface area contributed by atoms with Crippen molar-refractivity contribution in [3.8, 4) is 0 Å². The second kappa shape index (κ2) is 7.34. The average molecular weight is 322 g/mol. The molecule has 0 atom stereocenters. The Hall–Kier alpha value is -1.71. The van der Waals surface area contributed by atoms with Gasteiger partial charge in [0.2, 0.25) is 0 Å². The third-order valence-corrected chi connectivity index (χ3v) is 3.74. The van der Waals surface area contributed by atoms with Crippen molar-refractivity contribution >= 4 is 35.1 Å². The first-order valence-electron chi connectivity index (χ1n) is 6.54. The van der Waals surface area contributed by atoms with Crippen molar-refractivity contribution in [2.45, 2.75) is 6.54 Å². The summed E-state index contributed by atoms with van der Waals surface area (Å²) in [6.07, 6.45) is 1.77. The normalized spacial score (nSPS) is 10.9. The summed E-state index contributed by atoms with van der Waals surface area (Å²) in [6, 6.07) is 13.6. The first kappa shape index (κ1) is 15.7. The topological polar surface area (TPSA) is 27.6 Å². The second-order valence-corrected chi connectivity index (χ2v) is 5.59. The fourth-order valence-corrected chi connectivity index (χ4v) is 2.34. The Kier molecular flexibility index (Phi) is 5.48. The van der Waals surface area contributed by atoms with E-state index >= 15 is 0 Å². The molecule has 0 amide bonds. The zero-order valence-electron chi connectivity index (χ0n) is 12.0. The number of benzene rings is 2. The van der Waals surface area contributed by atoms with Crippen molar-refractivity contribution in [2.75, 3.05) is 19.0 Å². The van der Waals surface area contributed by atoms with Crippen LogP contribution in [0.25, 0.3) is 0 Å². The molecule has 0 spiro atoms. The molecule has 1 N–H and O–H groups in total. The summed E-state index contributed by atoms with van der Waals surface area (Å²) in [5.74, 6) is 0. The summed E-state index contributed by atoms with van der Waals surface area (Å²) in [5, 5.41) is 5.47. The molecule has 5 heteroatoms. The number of hydrogen-bond acceptors (Lipinski definition) is 3. The maximum absolute atomic E-state index is 6.09. The number of nitrogens with one attached hydrogen (secondary N) is 1. The molecule has 0 aliphatic heterocycles. The minimum absolute atomic E-state index is 0.491. The van der Waals surface area contributed by atoms with Crippen LogP contribution in [0.1, 0.15) is 11.1 Å². The smallest absolute Gasteiger partial charge is 0.0609 e. The summed E-state index contributed by atoms with van der Waals surface area (Å²) in [5.41, 5.74) is 5.99. The van der Waals surface area contributed by atoms with E-state index in [0.717, 1.165) is 16.8 Å². The lowest BCUT2D eigenvalue weighted by Gasteiger charge is -2.11. The monoisotopic (exact) mass is 321 g/mol. The van der Waals surface area contributed by atoms with Gasteiger partial charge in [0, 0.05) is 35.4 Å². The SMILES string of the molecule is CN(C)c1ccc(/C=N/NCc2c(Cl)cccc2Cl)cc1. The van der Waals surface area contributed by atoms with Crippen LogP contribution < -0.4 is 10.3 Å². The fourth-order valence-electron chi connectivity index (χ4n) is 1.80. The highest BCUT2D eigenvalue weighted by Gasteiger charge is 2.03. The molecule has 0 aliphatic carbocycles. The number of anilines is 1. The van der Waals surface area contributed by atoms with Gasteiger partial charge in [0.15, 0.2) is 0 Å². The van der Waals surface area contributed by atoms with E-state index in [4.69, 9.17) is 23.2 Å². The Bertz CT molecular complexity index is 602. The third-order valence-electron chi connectivity index (χ3n) is 3.03. The van der Waals surface area contributed by atoms with Crippen molar-refractivity contribution in [2.24, 2.45) is 5.10 Å². The Morgan fingerprint density at radius 1 is 1.05 bits per heavy atom. The van der Waals surface area contributed by atoms with Crippen LogP contribution in [0.4, 0.5) is 5.69 Å². The molecule has 2 rings (SSSR count). The maximum Gasteiger partial charge on any atom is 0.0609 e. The molecule has 110 valence electrons. The highest BCUT2D eigenvalue weighted by molar-refractivity contribution is 6.35. The minimum Gasteiger partial charge on any atom is -0.378 e. The highest BCUT2D eigenvalue weighted by atomic mass is 35.5. The zero-order chi connectivity index (χ0) is 15.2. The third kappa shape index (κ3) is 4.38. The number of hydrazone groups is 1. The second-order valence-electron chi connectivity index (χ2n) is 4.78. The standard InChI is InChI=1S/C16H17Cl2N3/c1-21(2)13-8-6-12(7-9-13)10-19-20-11-14-15(17)4-3-5-16(14)18/h3-10,20H,11H2,1-2H3/b19-10+. The lowest BCUT2D eigenvalue weighted by atomic mass is 10.2. The van der Waals surface area contributed by atoms with Gasteiger partial charge in [0.05, 0.1) is 12.8 Å². The predicted molar refractivity (Wildman–Crippen MR) is 91.7 cm³/mol. The molecule has 2 aromatic rings. The predicted octanol–water partition coefficient (Wildman–Crippen LogP) is 4.18. The molecule has 2 aromatic carbocycles. The fraction of sp³-hybridized carbons (Fsp3) is 0.188. The Morgan fingerprint density at radius 3 is 2.24 bits per heavy atom. The van der Waals surface area contributed by atoms with Crippen LogP contribution in [0.15, 0.2) is 47.6 Å². The molecule has 0 saturated carbocycles. The van der Waals surface area contributed by atoms with Crippen LogP contribution in [0.2, 0.25) is 10.0 Å². The van der Waals surface area contributed by atoms with Gasteiger partial charge < -0.3 is 10.3 Å². The first-order chi connectivity index (χ1) is 10.1. The van der Waals surface area contributed by atoms with Gasteiger partial charge in [-0.2, -0.15) is 5.10 Å². The van der Waals surface area contributed by atoms with Crippen molar-refractivity contribution in [3.05, 3.63) is 63.6 Å². The molecular formula is C16H17Cl2N3. The summed E-state index contributed by atoms with van der Waals surface area (Å²) in [4.78, 5) is 2.05. The van der Waals surface area contributed by atoms with Crippen LogP contribution in [0.3, 0.4) is 0 Å². The van der Waals surface area contributed by atoms with Gasteiger partial charge in [-0.25, -0.2) is 0 Å². The molecule has 3 nitrogen and oxygen atoms in total. The summed E-state index contributed by atoms with van der Waals surface area (Å²) >= 11 is 12.2. The average Bonchev–Trinajstić information content (AvgIpc) is 2.46. The summed E-state index contributed by atoms with van der Waals surface area (Å²) in [7, 11) is 4.02. The van der Waals surface area contributed by atoms with Crippen LogP contribution >= 0.6 is 23.2 Å². The molecule has 0 heterocycles. The van der Waals surface area contributed by atoms with E-state index in [1.165, 1.54) is 0 Å². The van der Waals surface area contributed by atoms with Crippen molar-refractivity contribution < 1.29 is 0 Å². The highest BCUT2D eigenvalue weighted by Crippen LogP contribution is 2.23. The summed E-state index contributed by atoms with van der Waals surface area (Å²) in [6.45, 7) is 0.491. The van der Waals surface area contributed by atoms with E-state index in [-0.39, 0.29) is 0 Å². The number of halogens is 2. The van der Waals surface area contributed by atoms with E-state index in [2.05, 4.69) is 15.4 Å². The zero-order valence-corrected chi connectivity index (χ0v) is 13.5. The molecule has 0 unspecified atom stereocenters. The van der Waals surface area contributed by atoms with Crippen LogP contribution in [-0.4, -0.2) is 20.3 Å². The van der Waals surface area contributed by atoms with Crippen LogP contribution in [0.5, 0.6) is 0 Å². The van der Waals surface area contributed by atoms with Gasteiger partial charge in [-0.15, -0.1) is 0 Å². The Labute approximate surface area is 135 Å². The first-order valence-corrected chi connectivity index (χ1v) is 7.29. The van der Waals surface area contributed by atoms with E-state index < -0.39 is 0 Å². The number of rotatable bonds is 5. The van der Waals surface area contributed by atoms with Crippen molar-refractivity contribution in [1.29, 1.82) is 0 Å². The largest absolute Gasteiger partial charge is 0.378 e. The van der Waals surface area contributed by atoms with Crippen molar-refractivity contribution in [1.82, 2.24) is 5.43 Å². The minimum atomic E-state index is 0.491. The van der Waals surface area contributed by atoms with Gasteiger partial charge in [-0.1, -0.05) is 41.4 Å².